The Morgan fingerprint density at radius 2 is 1.92 bits per heavy atom. The first kappa shape index (κ1) is 10.5. The molecule has 0 aliphatic rings. The van der Waals surface area contributed by atoms with Crippen LogP contribution >= 0.6 is 7.94 Å². The summed E-state index contributed by atoms with van der Waals surface area (Å²) in [4.78, 5) is 18.7. The molecule has 4 heteroatoms. The zero-order valence-corrected chi connectivity index (χ0v) is 8.82. The molecular weight excluding hydrogens is 187 g/mol. The van der Waals surface area contributed by atoms with Gasteiger partial charge in [-0.15, -0.1) is 0 Å². The van der Waals surface area contributed by atoms with Crippen molar-refractivity contribution in [3.8, 4) is 5.75 Å². The average molecular weight is 202 g/mol. The summed E-state index contributed by atoms with van der Waals surface area (Å²) in [5.74, 6) is 0.556. The maximum absolute atomic E-state index is 9.37. The second kappa shape index (κ2) is 4.05. The van der Waals surface area contributed by atoms with Gasteiger partial charge in [0.1, 0.15) is 0 Å². The topological polar surface area (TPSA) is 49.7 Å². The van der Waals surface area contributed by atoms with Gasteiger partial charge in [-0.05, 0) is 0 Å². The molecule has 2 N–H and O–H groups in total. The van der Waals surface area contributed by atoms with Crippen molar-refractivity contribution in [1.82, 2.24) is 0 Å². The van der Waals surface area contributed by atoms with Gasteiger partial charge in [0.15, 0.2) is 0 Å². The third kappa shape index (κ3) is 2.96. The minimum absolute atomic E-state index is 0.265. The fraction of sp³-hybridized carbons (Fsp3) is 0.333. The Hall–Kier alpha value is -0.630. The van der Waals surface area contributed by atoms with E-state index in [-0.39, 0.29) is 6.16 Å². The molecule has 0 aliphatic carbocycles. The van der Waals surface area contributed by atoms with Crippen molar-refractivity contribution >= 4 is 7.94 Å². The van der Waals surface area contributed by atoms with Crippen LogP contribution in [0.3, 0.4) is 0 Å². The van der Waals surface area contributed by atoms with Gasteiger partial charge in [-0.2, -0.15) is 0 Å². The van der Waals surface area contributed by atoms with Gasteiger partial charge in [-0.25, -0.2) is 0 Å². The van der Waals surface area contributed by atoms with Crippen LogP contribution < -0.4 is 4.52 Å². The van der Waals surface area contributed by atoms with Crippen molar-refractivity contribution in [2.24, 2.45) is 0 Å². The monoisotopic (exact) mass is 202 g/mol. The van der Waals surface area contributed by atoms with E-state index >= 15 is 0 Å². The quantitative estimate of drug-likeness (QED) is 0.735. The molecule has 1 aromatic rings. The van der Waals surface area contributed by atoms with Gasteiger partial charge >= 0.3 is 77.8 Å². The first-order valence-corrected chi connectivity index (χ1v) is 6.25. The molecule has 1 aromatic carbocycles. The fourth-order valence-electron chi connectivity index (χ4n) is 0.919. The summed E-state index contributed by atoms with van der Waals surface area (Å²) >= 11 is 0. The Balaban J connectivity index is 2.80. The first-order chi connectivity index (χ1) is 6.05. The summed E-state index contributed by atoms with van der Waals surface area (Å²) < 4.78 is 5.13. The molecule has 0 saturated heterocycles. The van der Waals surface area contributed by atoms with Gasteiger partial charge in [-0.3, -0.25) is 0 Å². The van der Waals surface area contributed by atoms with Crippen molar-refractivity contribution in [3.05, 3.63) is 29.8 Å². The summed E-state index contributed by atoms with van der Waals surface area (Å²) in [6, 6.07) is 7.29. The van der Waals surface area contributed by atoms with E-state index in [1.54, 1.807) is 13.0 Å². The molecule has 3 nitrogen and oxygen atoms in total. The van der Waals surface area contributed by atoms with E-state index in [2.05, 4.69) is 0 Å². The Morgan fingerprint density at radius 1 is 1.31 bits per heavy atom. The average Bonchev–Trinajstić information content (AvgIpc) is 2.09. The fourth-order valence-corrected chi connectivity index (χ4v) is 1.64. The number of benzene rings is 1. The summed E-state index contributed by atoms with van der Waals surface area (Å²) in [5.41, 5.74) is 0.913. The molecule has 0 saturated carbocycles. The van der Waals surface area contributed by atoms with Gasteiger partial charge in [0.25, 0.3) is 0 Å². The standard InChI is InChI=1S/C9H15O3P/c1-3-13(10,11)12-9-7-5-4-6-8(9)2/h4-7,10-11,13H,3H2,1-2H3. The molecule has 0 aliphatic heterocycles. The van der Waals surface area contributed by atoms with E-state index in [1.807, 2.05) is 25.1 Å². The predicted octanol–water partition coefficient (Wildman–Crippen LogP) is 1.87. The summed E-state index contributed by atoms with van der Waals surface area (Å²) in [6.45, 7) is 3.57. The number of para-hydroxylation sites is 1. The van der Waals surface area contributed by atoms with E-state index in [9.17, 15) is 9.79 Å². The Labute approximate surface area is 78.6 Å². The van der Waals surface area contributed by atoms with Crippen LogP contribution in [0.4, 0.5) is 0 Å². The van der Waals surface area contributed by atoms with Crippen molar-refractivity contribution in [2.45, 2.75) is 13.8 Å². The Morgan fingerprint density at radius 3 is 2.46 bits per heavy atom. The zero-order chi connectivity index (χ0) is 9.90. The third-order valence-corrected chi connectivity index (χ3v) is 3.30. The minimum atomic E-state index is -3.45. The normalized spacial score (nSPS) is 12.6. The summed E-state index contributed by atoms with van der Waals surface area (Å²) in [6.07, 6.45) is 0.265. The van der Waals surface area contributed by atoms with Crippen LogP contribution in [-0.4, -0.2) is 15.9 Å². The second-order valence-electron chi connectivity index (χ2n) is 2.96. The second-order valence-corrected chi connectivity index (χ2v) is 5.36. The summed E-state index contributed by atoms with van der Waals surface area (Å²) in [7, 11) is -3.45. The molecule has 0 aromatic heterocycles. The molecule has 0 spiro atoms. The molecule has 0 amide bonds. The third-order valence-electron chi connectivity index (χ3n) is 1.83. The van der Waals surface area contributed by atoms with E-state index in [0.717, 1.165) is 5.56 Å². The van der Waals surface area contributed by atoms with Crippen molar-refractivity contribution in [2.75, 3.05) is 6.16 Å². The number of rotatable bonds is 3. The number of hydrogen-bond donors (Lipinski definition) is 2. The molecule has 1 rings (SSSR count). The molecule has 74 valence electrons. The van der Waals surface area contributed by atoms with Crippen LogP contribution in [0.15, 0.2) is 24.3 Å². The zero-order valence-electron chi connectivity index (χ0n) is 7.82. The van der Waals surface area contributed by atoms with Crippen molar-refractivity contribution < 1.29 is 14.3 Å². The van der Waals surface area contributed by atoms with Gasteiger partial charge in [-0.1, -0.05) is 0 Å². The van der Waals surface area contributed by atoms with Crippen molar-refractivity contribution in [3.63, 3.8) is 0 Å². The SMILES string of the molecule is CC[PH](O)(O)Oc1ccccc1C. The number of aryl methyl sites for hydroxylation is 1. The van der Waals surface area contributed by atoms with E-state index in [0.29, 0.717) is 5.75 Å². The predicted molar refractivity (Wildman–Crippen MR) is 55.1 cm³/mol. The Bertz CT molecular complexity index is 286. The van der Waals surface area contributed by atoms with Crippen LogP contribution in [0, 0.1) is 6.92 Å². The van der Waals surface area contributed by atoms with Crippen LogP contribution in [0.5, 0.6) is 5.75 Å². The van der Waals surface area contributed by atoms with Crippen LogP contribution in [0.25, 0.3) is 0 Å². The van der Waals surface area contributed by atoms with E-state index in [1.165, 1.54) is 0 Å². The van der Waals surface area contributed by atoms with Crippen LogP contribution in [0.2, 0.25) is 0 Å². The van der Waals surface area contributed by atoms with Gasteiger partial charge < -0.3 is 0 Å². The van der Waals surface area contributed by atoms with E-state index in [4.69, 9.17) is 4.52 Å². The van der Waals surface area contributed by atoms with Crippen LogP contribution in [-0.2, 0) is 0 Å². The molecule has 13 heavy (non-hydrogen) atoms. The molecule has 0 fully saturated rings. The maximum atomic E-state index is 9.37. The Kier molecular flexibility index (Phi) is 3.26. The van der Waals surface area contributed by atoms with Gasteiger partial charge in [0.05, 0.1) is 0 Å². The number of hydrogen-bond acceptors (Lipinski definition) is 3. The van der Waals surface area contributed by atoms with Crippen LogP contribution in [0.1, 0.15) is 12.5 Å². The van der Waals surface area contributed by atoms with Gasteiger partial charge in [0, 0.05) is 0 Å². The van der Waals surface area contributed by atoms with Crippen molar-refractivity contribution in [1.29, 1.82) is 0 Å². The molecule has 0 heterocycles. The van der Waals surface area contributed by atoms with E-state index < -0.39 is 7.94 Å². The first-order valence-electron chi connectivity index (χ1n) is 4.24. The molecular formula is C9H15O3P. The summed E-state index contributed by atoms with van der Waals surface area (Å²) in [5, 5.41) is 0. The van der Waals surface area contributed by atoms with Gasteiger partial charge in [0.2, 0.25) is 0 Å². The molecule has 0 unspecified atom stereocenters. The molecule has 0 bridgehead atoms. The molecule has 0 radical (unpaired) electrons. The molecule has 0 atom stereocenters.